The fraction of sp³-hybridized carbons (Fsp3) is 1.00. The molecule has 0 rings (SSSR count). The number of hydrogen-bond donors (Lipinski definition) is 1. The van der Waals surface area contributed by atoms with Crippen LogP contribution in [0.1, 0.15) is 20.8 Å². The lowest BCUT2D eigenvalue weighted by molar-refractivity contribution is 0.613. The summed E-state index contributed by atoms with van der Waals surface area (Å²) in [6, 6.07) is 0.648. The molecule has 0 aromatic carbocycles. The molecule has 0 aliphatic rings. The average Bonchev–Trinajstić information content (AvgIpc) is 1.67. The fourth-order valence-electron chi connectivity index (χ4n) is 0.408. The van der Waals surface area contributed by atoms with Gasteiger partial charge in [0, 0.05) is 6.04 Å². The van der Waals surface area contributed by atoms with Gasteiger partial charge in [0.25, 0.3) is 0 Å². The van der Waals surface area contributed by atoms with Crippen LogP contribution in [0.2, 0.25) is 0 Å². The minimum absolute atomic E-state index is 0.194. The highest BCUT2D eigenvalue weighted by atomic mass is 35.5. The van der Waals surface area contributed by atoms with Crippen LogP contribution in [0.25, 0.3) is 0 Å². The lowest BCUT2D eigenvalue weighted by Gasteiger charge is -2.00. The Morgan fingerprint density at radius 1 is 1.33 bits per heavy atom. The van der Waals surface area contributed by atoms with Crippen LogP contribution in [-0.4, -0.2) is 17.9 Å². The van der Waals surface area contributed by atoms with Crippen LogP contribution in [0.5, 0.6) is 0 Å². The van der Waals surface area contributed by atoms with E-state index in [0.717, 1.165) is 6.54 Å². The molecule has 0 amide bonds. The molecule has 1 nitrogen and oxygen atoms in total. The van der Waals surface area contributed by atoms with Gasteiger partial charge in [-0.2, -0.15) is 0 Å². The summed E-state index contributed by atoms with van der Waals surface area (Å²) < 4.78 is 0. The second-order valence-electron chi connectivity index (χ2n) is 1.81. The predicted octanol–water partition coefficient (Wildman–Crippen LogP) is 2.43. The standard InChI is InChI=1S/C5H13N.CH2Cl2/c1-4-6-5(2)3;2-1-3/h5-6H,4H2,1-3H3;1H2. The van der Waals surface area contributed by atoms with Gasteiger partial charge >= 0.3 is 0 Å². The van der Waals surface area contributed by atoms with Gasteiger partial charge in [0.1, 0.15) is 0 Å². The predicted molar refractivity (Wildman–Crippen MR) is 45.4 cm³/mol. The second-order valence-corrected chi connectivity index (χ2v) is 2.62. The van der Waals surface area contributed by atoms with E-state index >= 15 is 0 Å². The number of nitrogens with one attached hydrogen (secondary N) is 1. The normalized spacial score (nSPS) is 8.67. The molecule has 0 spiro atoms. The highest BCUT2D eigenvalue weighted by Gasteiger charge is 1.82. The van der Waals surface area contributed by atoms with E-state index in [0.29, 0.717) is 6.04 Å². The summed E-state index contributed by atoms with van der Waals surface area (Å²) in [5.41, 5.74) is 0. The van der Waals surface area contributed by atoms with Crippen molar-refractivity contribution in [2.75, 3.05) is 11.9 Å². The number of rotatable bonds is 2. The first-order chi connectivity index (χ1) is 4.18. The Bertz CT molecular complexity index is 40.0. The largest absolute Gasteiger partial charge is 0.315 e. The summed E-state index contributed by atoms with van der Waals surface area (Å²) in [6.07, 6.45) is 0. The molecule has 0 aromatic rings. The maximum atomic E-state index is 4.76. The maximum Gasteiger partial charge on any atom is 0.0967 e. The topological polar surface area (TPSA) is 12.0 Å². The van der Waals surface area contributed by atoms with Gasteiger partial charge in [-0.25, -0.2) is 0 Å². The van der Waals surface area contributed by atoms with Crippen molar-refractivity contribution in [3.63, 3.8) is 0 Å². The van der Waals surface area contributed by atoms with Gasteiger partial charge in [-0.1, -0.05) is 20.8 Å². The van der Waals surface area contributed by atoms with E-state index in [4.69, 9.17) is 23.2 Å². The van der Waals surface area contributed by atoms with Crippen molar-refractivity contribution in [2.45, 2.75) is 26.8 Å². The molecule has 0 heterocycles. The summed E-state index contributed by atoms with van der Waals surface area (Å²) in [5, 5.41) is 3.40. The van der Waals surface area contributed by atoms with E-state index in [9.17, 15) is 0 Å². The molecule has 58 valence electrons. The summed E-state index contributed by atoms with van der Waals surface area (Å²) in [7, 11) is 0. The monoisotopic (exact) mass is 171 g/mol. The summed E-state index contributed by atoms with van der Waals surface area (Å²) >= 11 is 9.53. The number of hydrogen-bond acceptors (Lipinski definition) is 1. The van der Waals surface area contributed by atoms with E-state index in [1.54, 1.807) is 0 Å². The zero-order chi connectivity index (χ0) is 7.70. The molecule has 9 heavy (non-hydrogen) atoms. The molecule has 0 aliphatic carbocycles. The Balaban J connectivity index is 0. The fourth-order valence-corrected chi connectivity index (χ4v) is 0.408. The Morgan fingerprint density at radius 3 is 1.67 bits per heavy atom. The first-order valence-electron chi connectivity index (χ1n) is 3.04. The van der Waals surface area contributed by atoms with E-state index in [1.165, 1.54) is 0 Å². The summed E-state index contributed by atoms with van der Waals surface area (Å²) in [6.45, 7) is 7.48. The SMILES string of the molecule is CCNC(C)C.ClCCl. The number of halogens is 2. The Labute approximate surface area is 67.7 Å². The van der Waals surface area contributed by atoms with Crippen molar-refractivity contribution in [3.05, 3.63) is 0 Å². The lowest BCUT2D eigenvalue weighted by Crippen LogP contribution is -2.21. The first-order valence-corrected chi connectivity index (χ1v) is 4.11. The van der Waals surface area contributed by atoms with Crippen molar-refractivity contribution in [2.24, 2.45) is 0 Å². The molecule has 0 unspecified atom stereocenters. The van der Waals surface area contributed by atoms with E-state index < -0.39 is 0 Å². The minimum atomic E-state index is 0.194. The highest BCUT2D eigenvalue weighted by Crippen LogP contribution is 1.73. The zero-order valence-electron chi connectivity index (χ0n) is 6.25. The Hall–Kier alpha value is 0.540. The van der Waals surface area contributed by atoms with Crippen molar-refractivity contribution >= 4 is 23.2 Å². The quantitative estimate of drug-likeness (QED) is 0.630. The van der Waals surface area contributed by atoms with Crippen LogP contribution in [0.4, 0.5) is 0 Å². The Morgan fingerprint density at radius 2 is 1.67 bits per heavy atom. The molecule has 1 N–H and O–H groups in total. The van der Waals surface area contributed by atoms with Crippen LogP contribution < -0.4 is 5.32 Å². The van der Waals surface area contributed by atoms with Gasteiger partial charge in [-0.15, -0.1) is 23.2 Å². The van der Waals surface area contributed by atoms with E-state index in [2.05, 4.69) is 26.1 Å². The van der Waals surface area contributed by atoms with Crippen molar-refractivity contribution in [1.82, 2.24) is 5.32 Å². The van der Waals surface area contributed by atoms with Crippen LogP contribution in [0.3, 0.4) is 0 Å². The van der Waals surface area contributed by atoms with Gasteiger partial charge in [-0.3, -0.25) is 0 Å². The van der Waals surface area contributed by atoms with Crippen molar-refractivity contribution in [3.8, 4) is 0 Å². The van der Waals surface area contributed by atoms with Crippen LogP contribution >= 0.6 is 23.2 Å². The molecular formula is C6H15Cl2N. The molecule has 0 saturated heterocycles. The molecule has 0 radical (unpaired) electrons. The van der Waals surface area contributed by atoms with Crippen LogP contribution in [-0.2, 0) is 0 Å². The molecule has 0 bridgehead atoms. The average molecular weight is 172 g/mol. The van der Waals surface area contributed by atoms with E-state index in [-0.39, 0.29) is 5.34 Å². The highest BCUT2D eigenvalue weighted by molar-refractivity contribution is 6.40. The molecule has 0 aromatic heterocycles. The van der Waals surface area contributed by atoms with Gasteiger partial charge in [0.05, 0.1) is 5.34 Å². The van der Waals surface area contributed by atoms with Crippen LogP contribution in [0, 0.1) is 0 Å². The minimum Gasteiger partial charge on any atom is -0.315 e. The maximum absolute atomic E-state index is 4.76. The number of alkyl halides is 2. The van der Waals surface area contributed by atoms with Gasteiger partial charge < -0.3 is 5.32 Å². The molecule has 0 atom stereocenters. The smallest absolute Gasteiger partial charge is 0.0967 e. The summed E-state index contributed by atoms with van der Waals surface area (Å²) in [4.78, 5) is 0. The second kappa shape index (κ2) is 11.4. The first kappa shape index (κ1) is 12.2. The zero-order valence-corrected chi connectivity index (χ0v) is 7.76. The van der Waals surface area contributed by atoms with Gasteiger partial charge in [0.15, 0.2) is 0 Å². The van der Waals surface area contributed by atoms with Crippen molar-refractivity contribution < 1.29 is 0 Å². The van der Waals surface area contributed by atoms with Crippen LogP contribution in [0.15, 0.2) is 0 Å². The van der Waals surface area contributed by atoms with Crippen molar-refractivity contribution in [1.29, 1.82) is 0 Å². The third kappa shape index (κ3) is 29.1. The molecule has 0 saturated carbocycles. The molecular weight excluding hydrogens is 157 g/mol. The molecule has 0 aliphatic heterocycles. The third-order valence-electron chi connectivity index (χ3n) is 0.612. The summed E-state index contributed by atoms with van der Waals surface area (Å²) in [5.74, 6) is 0. The van der Waals surface area contributed by atoms with Gasteiger partial charge in [0.2, 0.25) is 0 Å². The third-order valence-corrected chi connectivity index (χ3v) is 0.612. The molecule has 0 fully saturated rings. The van der Waals surface area contributed by atoms with E-state index in [1.807, 2.05) is 0 Å². The Kier molecular flexibility index (Phi) is 15.4. The van der Waals surface area contributed by atoms with Gasteiger partial charge in [-0.05, 0) is 6.54 Å². The lowest BCUT2D eigenvalue weighted by atomic mass is 10.4. The molecule has 3 heteroatoms.